The molecule has 3 aliphatic rings. The molecule has 2 aromatic rings. The van der Waals surface area contributed by atoms with E-state index in [1.165, 1.54) is 11.1 Å². The molecule has 0 bridgehead atoms. The number of carbonyl (C=O) groups excluding carboxylic acids is 2. The Labute approximate surface area is 199 Å². The van der Waals surface area contributed by atoms with E-state index in [1.54, 1.807) is 11.8 Å². The molecule has 2 aromatic carbocycles. The quantitative estimate of drug-likeness (QED) is 0.700. The van der Waals surface area contributed by atoms with Crippen LogP contribution in [0.25, 0.3) is 11.1 Å². The summed E-state index contributed by atoms with van der Waals surface area (Å²) < 4.78 is 5.67. The first-order chi connectivity index (χ1) is 16.5. The van der Waals surface area contributed by atoms with E-state index in [4.69, 9.17) is 4.74 Å². The zero-order chi connectivity index (χ0) is 23.8. The van der Waals surface area contributed by atoms with Gasteiger partial charge in [-0.3, -0.25) is 9.59 Å². The van der Waals surface area contributed by atoms with Crippen molar-refractivity contribution in [3.05, 3.63) is 59.7 Å². The normalized spacial score (nSPS) is 25.6. The minimum atomic E-state index is -0.859. The van der Waals surface area contributed by atoms with Crippen molar-refractivity contribution >= 4 is 18.0 Å². The number of carboxylic acid groups (broad SMARTS) is 1. The second-order valence-electron chi connectivity index (χ2n) is 9.62. The van der Waals surface area contributed by atoms with Crippen molar-refractivity contribution in [2.24, 2.45) is 11.8 Å². The molecule has 34 heavy (non-hydrogen) atoms. The minimum Gasteiger partial charge on any atom is -0.481 e. The smallest absolute Gasteiger partial charge is 0.407 e. The van der Waals surface area contributed by atoms with Crippen molar-refractivity contribution in [1.29, 1.82) is 0 Å². The summed E-state index contributed by atoms with van der Waals surface area (Å²) >= 11 is 0. The SMILES string of the molecule is CC1C(C(=O)O)CCN1C(=O)C1CCCC1NC(=O)OCC1c2ccccc2-c2ccccc21. The summed E-state index contributed by atoms with van der Waals surface area (Å²) in [7, 11) is 0. The highest BCUT2D eigenvalue weighted by molar-refractivity contribution is 5.83. The van der Waals surface area contributed by atoms with E-state index in [9.17, 15) is 19.5 Å². The van der Waals surface area contributed by atoms with E-state index >= 15 is 0 Å². The van der Waals surface area contributed by atoms with Crippen LogP contribution in [-0.2, 0) is 14.3 Å². The average Bonchev–Trinajstić information content (AvgIpc) is 3.53. The molecule has 7 heteroatoms. The van der Waals surface area contributed by atoms with Crippen LogP contribution < -0.4 is 5.32 Å². The third-order valence-corrected chi connectivity index (χ3v) is 7.84. The molecule has 2 aliphatic carbocycles. The predicted molar refractivity (Wildman–Crippen MR) is 126 cm³/mol. The van der Waals surface area contributed by atoms with Crippen molar-refractivity contribution in [1.82, 2.24) is 10.2 Å². The second-order valence-corrected chi connectivity index (χ2v) is 9.62. The number of carbonyl (C=O) groups is 3. The monoisotopic (exact) mass is 462 g/mol. The van der Waals surface area contributed by atoms with Gasteiger partial charge in [0.15, 0.2) is 0 Å². The largest absolute Gasteiger partial charge is 0.481 e. The Balaban J connectivity index is 1.21. The number of benzene rings is 2. The summed E-state index contributed by atoms with van der Waals surface area (Å²) in [5, 5.41) is 12.3. The first kappa shape index (κ1) is 22.4. The molecule has 7 nitrogen and oxygen atoms in total. The van der Waals surface area contributed by atoms with Crippen LogP contribution in [0.1, 0.15) is 49.7 Å². The molecule has 4 unspecified atom stereocenters. The number of aliphatic carboxylic acids is 1. The number of rotatable bonds is 5. The van der Waals surface area contributed by atoms with Crippen LogP contribution in [-0.4, -0.2) is 53.2 Å². The minimum absolute atomic E-state index is 0.0161. The molecule has 1 saturated heterocycles. The zero-order valence-corrected chi connectivity index (χ0v) is 19.3. The molecule has 1 aliphatic heterocycles. The molecule has 2 fully saturated rings. The lowest BCUT2D eigenvalue weighted by Crippen LogP contribution is -2.47. The number of hydrogen-bond acceptors (Lipinski definition) is 4. The van der Waals surface area contributed by atoms with Crippen LogP contribution in [0.2, 0.25) is 0 Å². The van der Waals surface area contributed by atoms with Gasteiger partial charge in [0.2, 0.25) is 5.91 Å². The molecular weight excluding hydrogens is 432 g/mol. The Morgan fingerprint density at radius 2 is 1.62 bits per heavy atom. The summed E-state index contributed by atoms with van der Waals surface area (Å²) in [6.07, 6.45) is 2.21. The Bertz CT molecular complexity index is 1070. The van der Waals surface area contributed by atoms with E-state index in [-0.39, 0.29) is 36.4 Å². The van der Waals surface area contributed by atoms with E-state index in [0.717, 1.165) is 17.5 Å². The lowest BCUT2D eigenvalue weighted by atomic mass is 9.98. The van der Waals surface area contributed by atoms with Gasteiger partial charge < -0.3 is 20.1 Å². The Hall–Kier alpha value is -3.35. The number of amides is 2. The summed E-state index contributed by atoms with van der Waals surface area (Å²) in [5.41, 5.74) is 4.66. The third kappa shape index (κ3) is 3.93. The fourth-order valence-electron chi connectivity index (χ4n) is 6.01. The molecule has 5 rings (SSSR count). The fourth-order valence-corrected chi connectivity index (χ4v) is 6.01. The summed E-state index contributed by atoms with van der Waals surface area (Å²) in [6.45, 7) is 2.48. The molecule has 2 amide bonds. The van der Waals surface area contributed by atoms with Gasteiger partial charge in [0.1, 0.15) is 6.61 Å². The van der Waals surface area contributed by atoms with Crippen molar-refractivity contribution in [2.45, 2.75) is 50.6 Å². The Morgan fingerprint density at radius 1 is 0.971 bits per heavy atom. The number of likely N-dealkylation sites (tertiary alicyclic amines) is 1. The zero-order valence-electron chi connectivity index (χ0n) is 19.3. The molecule has 0 radical (unpaired) electrons. The fraction of sp³-hybridized carbons (Fsp3) is 0.444. The van der Waals surface area contributed by atoms with Gasteiger partial charge in [0.05, 0.1) is 11.8 Å². The van der Waals surface area contributed by atoms with Crippen LogP contribution in [0.5, 0.6) is 0 Å². The van der Waals surface area contributed by atoms with Crippen LogP contribution in [0, 0.1) is 11.8 Å². The highest BCUT2D eigenvalue weighted by atomic mass is 16.5. The van der Waals surface area contributed by atoms with Crippen molar-refractivity contribution in [3.8, 4) is 11.1 Å². The predicted octanol–water partition coefficient (Wildman–Crippen LogP) is 4.02. The molecule has 0 spiro atoms. The van der Waals surface area contributed by atoms with Gasteiger partial charge in [-0.15, -0.1) is 0 Å². The number of nitrogens with one attached hydrogen (secondary N) is 1. The van der Waals surface area contributed by atoms with E-state index in [2.05, 4.69) is 29.6 Å². The standard InChI is InChI=1S/C27H30N2O5/c1-16-17(26(31)32)13-14-29(16)25(30)22-11-6-12-24(22)28-27(33)34-15-23-20-9-4-2-7-18(20)19-8-3-5-10-21(19)23/h2-5,7-10,16-17,22-24H,6,11-15H2,1H3,(H,28,33)(H,31,32). The lowest BCUT2D eigenvalue weighted by Gasteiger charge is -2.29. The van der Waals surface area contributed by atoms with Crippen LogP contribution in [0.15, 0.2) is 48.5 Å². The number of carboxylic acids is 1. The molecule has 4 atom stereocenters. The van der Waals surface area contributed by atoms with Crippen LogP contribution in [0.3, 0.4) is 0 Å². The summed E-state index contributed by atoms with van der Waals surface area (Å²) in [4.78, 5) is 39.1. The van der Waals surface area contributed by atoms with Gasteiger partial charge >= 0.3 is 12.1 Å². The highest BCUT2D eigenvalue weighted by Crippen LogP contribution is 2.44. The molecule has 2 N–H and O–H groups in total. The lowest BCUT2D eigenvalue weighted by molar-refractivity contribution is -0.143. The van der Waals surface area contributed by atoms with E-state index < -0.39 is 18.0 Å². The van der Waals surface area contributed by atoms with Gasteiger partial charge in [-0.25, -0.2) is 4.79 Å². The van der Waals surface area contributed by atoms with Crippen LogP contribution in [0.4, 0.5) is 4.79 Å². The Kier molecular flexibility index (Phi) is 6.02. The molecule has 178 valence electrons. The van der Waals surface area contributed by atoms with Gasteiger partial charge in [0.25, 0.3) is 0 Å². The maximum Gasteiger partial charge on any atom is 0.407 e. The number of ether oxygens (including phenoxy) is 1. The average molecular weight is 463 g/mol. The third-order valence-electron chi connectivity index (χ3n) is 7.84. The number of nitrogens with zero attached hydrogens (tertiary/aromatic N) is 1. The van der Waals surface area contributed by atoms with Gasteiger partial charge in [-0.1, -0.05) is 55.0 Å². The molecule has 1 saturated carbocycles. The Morgan fingerprint density at radius 3 is 2.24 bits per heavy atom. The molecule has 0 aromatic heterocycles. The second kappa shape index (κ2) is 9.12. The topological polar surface area (TPSA) is 95.9 Å². The maximum atomic E-state index is 13.2. The number of fused-ring (bicyclic) bond motifs is 3. The summed E-state index contributed by atoms with van der Waals surface area (Å²) in [6, 6.07) is 15.8. The first-order valence-electron chi connectivity index (χ1n) is 12.1. The number of alkyl carbamates (subject to hydrolysis) is 1. The van der Waals surface area contributed by atoms with Gasteiger partial charge in [-0.2, -0.15) is 0 Å². The number of hydrogen-bond donors (Lipinski definition) is 2. The van der Waals surface area contributed by atoms with Crippen molar-refractivity contribution in [2.75, 3.05) is 13.2 Å². The van der Waals surface area contributed by atoms with Crippen molar-refractivity contribution in [3.63, 3.8) is 0 Å². The highest BCUT2D eigenvalue weighted by Gasteiger charge is 2.43. The van der Waals surface area contributed by atoms with Crippen LogP contribution >= 0.6 is 0 Å². The van der Waals surface area contributed by atoms with E-state index in [0.29, 0.717) is 25.8 Å². The maximum absolute atomic E-state index is 13.2. The van der Waals surface area contributed by atoms with Gasteiger partial charge in [-0.05, 0) is 48.4 Å². The molecule has 1 heterocycles. The molecular formula is C27H30N2O5. The first-order valence-corrected chi connectivity index (χ1v) is 12.1. The van der Waals surface area contributed by atoms with Crippen molar-refractivity contribution < 1.29 is 24.2 Å². The van der Waals surface area contributed by atoms with E-state index in [1.807, 2.05) is 24.3 Å². The summed E-state index contributed by atoms with van der Waals surface area (Å²) in [5.74, 6) is -1.80. The van der Waals surface area contributed by atoms with Gasteiger partial charge in [0, 0.05) is 24.5 Å².